The van der Waals surface area contributed by atoms with E-state index in [-0.39, 0.29) is 16.7 Å². The van der Waals surface area contributed by atoms with E-state index in [0.29, 0.717) is 0 Å². The highest BCUT2D eigenvalue weighted by Gasteiger charge is 2.18. The van der Waals surface area contributed by atoms with Crippen molar-refractivity contribution in [1.82, 2.24) is 9.97 Å². The maximum atomic E-state index is 10.9. The first-order valence-corrected chi connectivity index (χ1v) is 6.62. The lowest BCUT2D eigenvalue weighted by Crippen LogP contribution is -2.11. The Morgan fingerprint density at radius 3 is 2.63 bits per heavy atom. The summed E-state index contributed by atoms with van der Waals surface area (Å²) in [4.78, 5) is 18.9. The highest BCUT2D eigenvalue weighted by atomic mass is 79.9. The molecule has 1 heterocycles. The van der Waals surface area contributed by atoms with Crippen LogP contribution in [0.3, 0.4) is 0 Å². The Morgan fingerprint density at radius 1 is 1.37 bits per heavy atom. The zero-order valence-corrected chi connectivity index (χ0v) is 11.8. The summed E-state index contributed by atoms with van der Waals surface area (Å²) in [6.45, 7) is 0. The first-order valence-electron chi connectivity index (χ1n) is 5.01. The smallest absolute Gasteiger partial charge is 0.292 e. The van der Waals surface area contributed by atoms with E-state index in [4.69, 9.17) is 5.84 Å². The molecular formula is C10H8BrN5O2S. The zero-order valence-electron chi connectivity index (χ0n) is 9.41. The van der Waals surface area contributed by atoms with Gasteiger partial charge in [-0.3, -0.25) is 15.5 Å². The first-order chi connectivity index (χ1) is 9.10. The summed E-state index contributed by atoms with van der Waals surface area (Å²) in [5.74, 6) is 5.33. The van der Waals surface area contributed by atoms with Crippen molar-refractivity contribution in [2.75, 3.05) is 5.43 Å². The highest BCUT2D eigenvalue weighted by Crippen LogP contribution is 2.33. The van der Waals surface area contributed by atoms with Crippen LogP contribution in [0, 0.1) is 10.1 Å². The van der Waals surface area contributed by atoms with Gasteiger partial charge in [-0.25, -0.2) is 10.8 Å². The highest BCUT2D eigenvalue weighted by molar-refractivity contribution is 9.10. The van der Waals surface area contributed by atoms with Crippen LogP contribution in [0.5, 0.6) is 0 Å². The number of nitrogens with one attached hydrogen (secondary N) is 1. The molecule has 1 aromatic heterocycles. The Kier molecular flexibility index (Phi) is 4.30. The number of nitro groups is 1. The first kappa shape index (κ1) is 13.7. The third-order valence-corrected chi connectivity index (χ3v) is 3.62. The standard InChI is InChI=1S/C10H8BrN5O2S/c11-6-1-3-7(4-2-6)19-9-8(16(17)18)5-13-10(14-9)15-12/h1-5H,12H2,(H,13,14,15). The van der Waals surface area contributed by atoms with Crippen molar-refractivity contribution >= 4 is 39.3 Å². The maximum Gasteiger partial charge on any atom is 0.320 e. The molecule has 9 heteroatoms. The molecular weight excluding hydrogens is 334 g/mol. The third-order valence-electron chi connectivity index (χ3n) is 2.09. The number of nitrogen functional groups attached to an aromatic ring is 1. The van der Waals surface area contributed by atoms with E-state index in [9.17, 15) is 10.1 Å². The summed E-state index contributed by atoms with van der Waals surface area (Å²) >= 11 is 4.49. The van der Waals surface area contributed by atoms with Gasteiger partial charge in [0.15, 0.2) is 5.03 Å². The zero-order chi connectivity index (χ0) is 13.8. The van der Waals surface area contributed by atoms with Crippen molar-refractivity contribution in [3.05, 3.63) is 45.0 Å². The molecule has 0 amide bonds. The normalized spacial score (nSPS) is 10.2. The number of hydrazine groups is 1. The molecule has 0 unspecified atom stereocenters. The molecule has 0 radical (unpaired) electrons. The molecule has 2 aromatic rings. The van der Waals surface area contributed by atoms with Crippen molar-refractivity contribution in [3.8, 4) is 0 Å². The minimum Gasteiger partial charge on any atom is -0.292 e. The van der Waals surface area contributed by atoms with Gasteiger partial charge in [-0.1, -0.05) is 27.7 Å². The van der Waals surface area contributed by atoms with E-state index in [1.165, 1.54) is 11.8 Å². The molecule has 19 heavy (non-hydrogen) atoms. The molecule has 3 N–H and O–H groups in total. The van der Waals surface area contributed by atoms with Gasteiger partial charge in [0.25, 0.3) is 0 Å². The van der Waals surface area contributed by atoms with E-state index in [0.717, 1.165) is 15.6 Å². The van der Waals surface area contributed by atoms with Gasteiger partial charge in [0.05, 0.1) is 4.92 Å². The molecule has 0 aliphatic carbocycles. The number of anilines is 1. The van der Waals surface area contributed by atoms with E-state index < -0.39 is 4.92 Å². The van der Waals surface area contributed by atoms with Crippen molar-refractivity contribution < 1.29 is 4.92 Å². The fourth-order valence-electron chi connectivity index (χ4n) is 1.24. The van der Waals surface area contributed by atoms with Crippen molar-refractivity contribution in [2.45, 2.75) is 9.92 Å². The second-order valence-corrected chi connectivity index (χ2v) is 5.32. The average Bonchev–Trinajstić information content (AvgIpc) is 2.41. The topological polar surface area (TPSA) is 107 Å². The number of benzene rings is 1. The van der Waals surface area contributed by atoms with E-state index >= 15 is 0 Å². The van der Waals surface area contributed by atoms with Crippen LogP contribution in [0.25, 0.3) is 0 Å². The van der Waals surface area contributed by atoms with Gasteiger partial charge in [0, 0.05) is 9.37 Å². The predicted molar refractivity (Wildman–Crippen MR) is 74.8 cm³/mol. The molecule has 0 aliphatic heterocycles. The molecule has 0 spiro atoms. The van der Waals surface area contributed by atoms with Crippen LogP contribution < -0.4 is 11.3 Å². The molecule has 0 fully saturated rings. The molecule has 0 atom stereocenters. The SMILES string of the molecule is NNc1ncc([N+](=O)[O-])c(Sc2ccc(Br)cc2)n1. The number of hydrogen-bond acceptors (Lipinski definition) is 7. The Bertz CT molecular complexity index is 607. The molecule has 0 saturated heterocycles. The Hall–Kier alpha value is -1.71. The molecule has 98 valence electrons. The largest absolute Gasteiger partial charge is 0.320 e. The second-order valence-electron chi connectivity index (χ2n) is 3.34. The minimum atomic E-state index is -0.526. The molecule has 1 aromatic carbocycles. The minimum absolute atomic E-state index is 0.130. The van der Waals surface area contributed by atoms with Crippen LogP contribution in [0.4, 0.5) is 11.6 Å². The van der Waals surface area contributed by atoms with Crippen LogP contribution in [0.15, 0.2) is 44.9 Å². The number of rotatable bonds is 4. The summed E-state index contributed by atoms with van der Waals surface area (Å²) < 4.78 is 0.929. The Morgan fingerprint density at radius 2 is 2.05 bits per heavy atom. The number of nitrogens with zero attached hydrogens (tertiary/aromatic N) is 3. The lowest BCUT2D eigenvalue weighted by atomic mass is 10.4. The lowest BCUT2D eigenvalue weighted by molar-refractivity contribution is -0.388. The number of nitrogens with two attached hydrogens (primary N) is 1. The van der Waals surface area contributed by atoms with E-state index in [2.05, 4.69) is 31.3 Å². The predicted octanol–water partition coefficient (Wildman–Crippen LogP) is 2.58. The van der Waals surface area contributed by atoms with Crippen molar-refractivity contribution in [2.24, 2.45) is 5.84 Å². The number of halogens is 1. The monoisotopic (exact) mass is 341 g/mol. The van der Waals surface area contributed by atoms with Crippen molar-refractivity contribution in [3.63, 3.8) is 0 Å². The maximum absolute atomic E-state index is 10.9. The number of aromatic nitrogens is 2. The Balaban J connectivity index is 2.36. The summed E-state index contributed by atoms with van der Waals surface area (Å²) in [7, 11) is 0. The third kappa shape index (κ3) is 3.40. The molecule has 2 rings (SSSR count). The summed E-state index contributed by atoms with van der Waals surface area (Å²) in [5, 5.41) is 11.2. The van der Waals surface area contributed by atoms with Crippen molar-refractivity contribution in [1.29, 1.82) is 0 Å². The van der Waals surface area contributed by atoms with Gasteiger partial charge in [-0.05, 0) is 24.3 Å². The molecule has 7 nitrogen and oxygen atoms in total. The molecule has 0 aliphatic rings. The fourth-order valence-corrected chi connectivity index (χ4v) is 2.37. The van der Waals surface area contributed by atoms with Crippen LogP contribution in [-0.4, -0.2) is 14.9 Å². The van der Waals surface area contributed by atoms with E-state index in [1.807, 2.05) is 24.3 Å². The van der Waals surface area contributed by atoms with Gasteiger partial charge >= 0.3 is 5.69 Å². The van der Waals surface area contributed by atoms with Gasteiger partial charge in [0.2, 0.25) is 5.95 Å². The van der Waals surface area contributed by atoms with Gasteiger partial charge < -0.3 is 0 Å². The fraction of sp³-hybridized carbons (Fsp3) is 0. The molecule has 0 bridgehead atoms. The molecule has 0 saturated carbocycles. The number of hydrogen-bond donors (Lipinski definition) is 2. The average molecular weight is 342 g/mol. The summed E-state index contributed by atoms with van der Waals surface area (Å²) in [6.07, 6.45) is 1.13. The van der Waals surface area contributed by atoms with Gasteiger partial charge in [-0.15, -0.1) is 0 Å². The van der Waals surface area contributed by atoms with Crippen LogP contribution in [-0.2, 0) is 0 Å². The van der Waals surface area contributed by atoms with E-state index in [1.54, 1.807) is 0 Å². The van der Waals surface area contributed by atoms with Crippen LogP contribution in [0.2, 0.25) is 0 Å². The lowest BCUT2D eigenvalue weighted by Gasteiger charge is -2.04. The van der Waals surface area contributed by atoms with Gasteiger partial charge in [0.1, 0.15) is 6.20 Å². The Labute approximate surface area is 120 Å². The second kappa shape index (κ2) is 5.95. The summed E-state index contributed by atoms with van der Waals surface area (Å²) in [6, 6.07) is 7.35. The summed E-state index contributed by atoms with van der Waals surface area (Å²) in [5.41, 5.74) is 2.10. The quantitative estimate of drug-likeness (QED) is 0.381. The van der Waals surface area contributed by atoms with Crippen LogP contribution in [0.1, 0.15) is 0 Å². The van der Waals surface area contributed by atoms with Crippen LogP contribution >= 0.6 is 27.7 Å². The van der Waals surface area contributed by atoms with Gasteiger partial charge in [-0.2, -0.15) is 4.98 Å².